The Hall–Kier alpha value is 0.650. The topological polar surface area (TPSA) is 20.2 Å². The van der Waals surface area contributed by atoms with Gasteiger partial charge in [0.2, 0.25) is 0 Å². The zero-order valence-electron chi connectivity index (χ0n) is 10.5. The van der Waals surface area contributed by atoms with Crippen LogP contribution in [0.1, 0.15) is 44.9 Å². The van der Waals surface area contributed by atoms with Crippen LogP contribution < -0.4 is 24.0 Å². The molecule has 2 saturated heterocycles. The van der Waals surface area contributed by atoms with Crippen molar-refractivity contribution in [2.75, 3.05) is 26.7 Å². The standard InChI is InChI=1S/C13H26NO.HI/c1-14-9-3-2-8-13(14)12(6-4-10-14)7-5-11-15;/h12-13,15H,2-11H2,1H3;1H/q+1;/p-1/t12-,13?,14?;/m1./s1. The van der Waals surface area contributed by atoms with Crippen molar-refractivity contribution >= 4 is 0 Å². The first-order valence-electron chi connectivity index (χ1n) is 6.71. The van der Waals surface area contributed by atoms with E-state index in [1.54, 1.807) is 0 Å². The molecule has 2 unspecified atom stereocenters. The summed E-state index contributed by atoms with van der Waals surface area (Å²) in [5.74, 6) is 0.899. The van der Waals surface area contributed by atoms with Crippen molar-refractivity contribution in [3.63, 3.8) is 0 Å². The van der Waals surface area contributed by atoms with E-state index in [1.807, 2.05) is 0 Å². The molecule has 2 fully saturated rings. The summed E-state index contributed by atoms with van der Waals surface area (Å²) < 4.78 is 1.34. The van der Waals surface area contributed by atoms with Crippen molar-refractivity contribution in [3.8, 4) is 0 Å². The molecule has 16 heavy (non-hydrogen) atoms. The molecule has 0 aliphatic carbocycles. The number of hydrogen-bond acceptors (Lipinski definition) is 1. The van der Waals surface area contributed by atoms with Gasteiger partial charge in [-0.1, -0.05) is 0 Å². The fourth-order valence-corrected chi connectivity index (χ4v) is 3.92. The molecule has 2 nitrogen and oxygen atoms in total. The molecule has 2 aliphatic heterocycles. The molecular formula is C13H26INO. The molecule has 2 rings (SSSR count). The van der Waals surface area contributed by atoms with Gasteiger partial charge in [0.15, 0.2) is 0 Å². The van der Waals surface area contributed by atoms with Crippen LogP contribution in [0.3, 0.4) is 0 Å². The van der Waals surface area contributed by atoms with Crippen molar-refractivity contribution in [3.05, 3.63) is 0 Å². The molecular weight excluding hydrogens is 313 g/mol. The zero-order valence-corrected chi connectivity index (χ0v) is 12.7. The Labute approximate surface area is 117 Å². The van der Waals surface area contributed by atoms with E-state index in [2.05, 4.69) is 7.05 Å². The third-order valence-corrected chi connectivity index (χ3v) is 4.74. The number of halogens is 1. The fourth-order valence-electron chi connectivity index (χ4n) is 3.92. The molecule has 2 aliphatic rings. The number of quaternary nitrogens is 1. The van der Waals surface area contributed by atoms with Gasteiger partial charge in [0.05, 0.1) is 26.2 Å². The van der Waals surface area contributed by atoms with Crippen LogP contribution in [0.25, 0.3) is 0 Å². The van der Waals surface area contributed by atoms with Crippen molar-refractivity contribution in [1.29, 1.82) is 0 Å². The minimum Gasteiger partial charge on any atom is -1.00 e. The first-order valence-corrected chi connectivity index (χ1v) is 6.71. The van der Waals surface area contributed by atoms with Gasteiger partial charge in [-0.15, -0.1) is 0 Å². The molecule has 96 valence electrons. The largest absolute Gasteiger partial charge is 1.00 e. The molecule has 0 aromatic heterocycles. The van der Waals surface area contributed by atoms with E-state index in [0.29, 0.717) is 6.61 Å². The Balaban J connectivity index is 0.00000128. The fraction of sp³-hybridized carbons (Fsp3) is 1.00. The van der Waals surface area contributed by atoms with Crippen LogP contribution in [0.15, 0.2) is 0 Å². The molecule has 0 saturated carbocycles. The van der Waals surface area contributed by atoms with Crippen molar-refractivity contribution in [2.45, 2.75) is 51.0 Å². The maximum absolute atomic E-state index is 8.95. The maximum atomic E-state index is 8.95. The van der Waals surface area contributed by atoms with Gasteiger partial charge in [-0.2, -0.15) is 0 Å². The second-order valence-corrected chi connectivity index (χ2v) is 5.76. The van der Waals surface area contributed by atoms with Crippen molar-refractivity contribution in [1.82, 2.24) is 0 Å². The summed E-state index contributed by atoms with van der Waals surface area (Å²) in [7, 11) is 2.47. The lowest BCUT2D eigenvalue weighted by atomic mass is 9.79. The van der Waals surface area contributed by atoms with Crippen LogP contribution in [0.4, 0.5) is 0 Å². The number of nitrogens with zero attached hydrogens (tertiary/aromatic N) is 1. The van der Waals surface area contributed by atoms with Crippen LogP contribution in [0, 0.1) is 5.92 Å². The summed E-state index contributed by atoms with van der Waals surface area (Å²) in [6.45, 7) is 3.19. The quantitative estimate of drug-likeness (QED) is 0.526. The molecule has 3 atom stereocenters. The highest BCUT2D eigenvalue weighted by Gasteiger charge is 2.42. The molecule has 0 aromatic carbocycles. The van der Waals surface area contributed by atoms with Gasteiger partial charge in [-0.25, -0.2) is 0 Å². The number of aliphatic hydroxyl groups is 1. The van der Waals surface area contributed by atoms with Crippen molar-refractivity contribution in [2.24, 2.45) is 5.92 Å². The molecule has 1 N–H and O–H groups in total. The van der Waals surface area contributed by atoms with Gasteiger partial charge in [0, 0.05) is 12.5 Å². The zero-order chi connectivity index (χ0) is 10.7. The van der Waals surface area contributed by atoms with Crippen LogP contribution in [0.5, 0.6) is 0 Å². The second kappa shape index (κ2) is 6.55. The van der Waals surface area contributed by atoms with Gasteiger partial charge in [-0.05, 0) is 44.9 Å². The lowest BCUT2D eigenvalue weighted by molar-refractivity contribution is -0.947. The van der Waals surface area contributed by atoms with Gasteiger partial charge in [-0.3, -0.25) is 0 Å². The molecule has 0 spiro atoms. The minimum atomic E-state index is 0. The summed E-state index contributed by atoms with van der Waals surface area (Å²) in [4.78, 5) is 0. The normalized spacial score (nSPS) is 38.6. The Kier molecular flexibility index (Phi) is 6.02. The smallest absolute Gasteiger partial charge is 0.0916 e. The molecule has 0 aromatic rings. The number of hydrogen-bond donors (Lipinski definition) is 1. The van der Waals surface area contributed by atoms with Gasteiger partial charge in [0.25, 0.3) is 0 Å². The van der Waals surface area contributed by atoms with Crippen LogP contribution >= 0.6 is 0 Å². The summed E-state index contributed by atoms with van der Waals surface area (Å²) >= 11 is 0. The SMILES string of the molecule is C[N+]12CCCCC1[C@@H](CCCO)CCC2.[I-]. The Morgan fingerprint density at radius 2 is 1.88 bits per heavy atom. The van der Waals surface area contributed by atoms with E-state index in [-0.39, 0.29) is 24.0 Å². The highest BCUT2D eigenvalue weighted by atomic mass is 127. The second-order valence-electron chi connectivity index (χ2n) is 5.76. The summed E-state index contributed by atoms with van der Waals surface area (Å²) in [5, 5.41) is 8.95. The monoisotopic (exact) mass is 339 g/mol. The van der Waals surface area contributed by atoms with Gasteiger partial charge in [0.1, 0.15) is 0 Å². The van der Waals surface area contributed by atoms with Gasteiger partial charge >= 0.3 is 0 Å². The minimum absolute atomic E-state index is 0. The van der Waals surface area contributed by atoms with E-state index >= 15 is 0 Å². The molecule has 0 radical (unpaired) electrons. The molecule has 2 heterocycles. The summed E-state index contributed by atoms with van der Waals surface area (Å²) in [5.41, 5.74) is 0. The first-order chi connectivity index (χ1) is 7.26. The lowest BCUT2D eigenvalue weighted by Gasteiger charge is -2.51. The Bertz CT molecular complexity index is 208. The third-order valence-electron chi connectivity index (χ3n) is 4.74. The van der Waals surface area contributed by atoms with Crippen LogP contribution in [0.2, 0.25) is 0 Å². The number of piperidine rings is 2. The van der Waals surface area contributed by atoms with E-state index in [4.69, 9.17) is 5.11 Å². The predicted molar refractivity (Wildman–Crippen MR) is 62.6 cm³/mol. The van der Waals surface area contributed by atoms with Gasteiger partial charge < -0.3 is 33.6 Å². The highest BCUT2D eigenvalue weighted by molar-refractivity contribution is 4.78. The molecule has 3 heteroatoms. The maximum Gasteiger partial charge on any atom is 0.0916 e. The summed E-state index contributed by atoms with van der Waals surface area (Å²) in [6, 6.07) is 0.916. The van der Waals surface area contributed by atoms with E-state index < -0.39 is 0 Å². The Morgan fingerprint density at radius 1 is 1.12 bits per heavy atom. The van der Waals surface area contributed by atoms with Crippen molar-refractivity contribution < 1.29 is 33.6 Å². The first kappa shape index (κ1) is 14.7. The molecule has 0 amide bonds. The predicted octanol–water partition coefficient (Wildman–Crippen LogP) is -0.828. The van der Waals surface area contributed by atoms with Crippen LogP contribution in [-0.4, -0.2) is 42.4 Å². The Morgan fingerprint density at radius 3 is 2.62 bits per heavy atom. The average molecular weight is 339 g/mol. The average Bonchev–Trinajstić information content (AvgIpc) is 2.25. The van der Waals surface area contributed by atoms with E-state index in [0.717, 1.165) is 18.4 Å². The van der Waals surface area contributed by atoms with E-state index in [1.165, 1.54) is 56.1 Å². The molecule has 0 bridgehead atoms. The van der Waals surface area contributed by atoms with Crippen LogP contribution in [-0.2, 0) is 0 Å². The number of aliphatic hydroxyl groups excluding tert-OH is 1. The number of fused-ring (bicyclic) bond motifs is 1. The third kappa shape index (κ3) is 3.10. The van der Waals surface area contributed by atoms with E-state index in [9.17, 15) is 0 Å². The number of rotatable bonds is 3. The highest BCUT2D eigenvalue weighted by Crippen LogP contribution is 2.37. The summed E-state index contributed by atoms with van der Waals surface area (Å²) in [6.07, 6.45) is 9.40. The lowest BCUT2D eigenvalue weighted by Crippen LogP contribution is -3.00.